The molecule has 0 saturated heterocycles. The van der Waals surface area contributed by atoms with Crippen molar-refractivity contribution in [1.82, 2.24) is 0 Å². The molecule has 1 aromatic rings. The predicted octanol–water partition coefficient (Wildman–Crippen LogP) is 3.85. The highest BCUT2D eigenvalue weighted by molar-refractivity contribution is 14.1. The van der Waals surface area contributed by atoms with Crippen LogP contribution in [-0.2, 0) is 0 Å². The molecule has 0 spiro atoms. The molecular weight excluding hydrogens is 333 g/mol. The number of hydrogen-bond donors (Lipinski definition) is 0. The lowest BCUT2D eigenvalue weighted by Crippen LogP contribution is -1.82. The maximum Gasteiger partial charge on any atom is 0.137 e. The van der Waals surface area contributed by atoms with E-state index in [1.165, 1.54) is 12.1 Å². The Morgan fingerprint density at radius 1 is 1.50 bits per heavy atom. The summed E-state index contributed by atoms with van der Waals surface area (Å²) in [6, 6.07) is 2.86. The Labute approximate surface area is 85.0 Å². The quantitative estimate of drug-likeness (QED) is 0.384. The number of benzene rings is 1. The van der Waals surface area contributed by atoms with Crippen LogP contribution in [0.3, 0.4) is 0 Å². The van der Waals surface area contributed by atoms with Crippen LogP contribution in [0.2, 0.25) is 5.02 Å². The van der Waals surface area contributed by atoms with E-state index in [0.717, 1.165) is 0 Å². The normalized spacial score (nSPS) is 10.0. The molecule has 0 nitrogen and oxygen atoms in total. The Bertz CT molecular complexity index is 237. The van der Waals surface area contributed by atoms with Crippen molar-refractivity contribution in [2.75, 3.05) is 0 Å². The lowest BCUT2D eigenvalue weighted by molar-refractivity contribution is 0.619. The zero-order valence-corrected chi connectivity index (χ0v) is 9.17. The monoisotopic (exact) mass is 334 g/mol. The van der Waals surface area contributed by atoms with Gasteiger partial charge in [-0.1, -0.05) is 11.6 Å². The first-order chi connectivity index (χ1) is 4.63. The van der Waals surface area contributed by atoms with Crippen molar-refractivity contribution in [3.8, 4) is 0 Å². The van der Waals surface area contributed by atoms with Crippen LogP contribution >= 0.6 is 50.1 Å². The largest absolute Gasteiger partial charge is 0.206 e. The number of halogens is 4. The lowest BCUT2D eigenvalue weighted by Gasteiger charge is -1.98. The van der Waals surface area contributed by atoms with Crippen molar-refractivity contribution in [2.24, 2.45) is 0 Å². The van der Waals surface area contributed by atoms with Gasteiger partial charge in [-0.25, -0.2) is 4.39 Å². The summed E-state index contributed by atoms with van der Waals surface area (Å²) < 4.78 is 13.8. The molecule has 0 aliphatic carbocycles. The molecule has 0 unspecified atom stereocenters. The first-order valence-corrected chi connectivity index (χ1v) is 4.67. The first kappa shape index (κ1) is 8.74. The summed E-state index contributed by atoms with van der Waals surface area (Å²) >= 11 is 10.7. The predicted molar refractivity (Wildman–Crippen MR) is 51.8 cm³/mol. The van der Waals surface area contributed by atoms with E-state index in [0.29, 0.717) is 13.1 Å². The van der Waals surface area contributed by atoms with E-state index in [4.69, 9.17) is 11.6 Å². The Balaban J connectivity index is 3.34. The molecule has 54 valence electrons. The molecule has 4 heteroatoms. The van der Waals surface area contributed by atoms with Crippen LogP contribution in [0.1, 0.15) is 0 Å². The van der Waals surface area contributed by atoms with Gasteiger partial charge in [0, 0.05) is 0 Å². The summed E-state index contributed by atoms with van der Waals surface area (Å²) in [5.41, 5.74) is 0. The zero-order valence-electron chi connectivity index (χ0n) is 4.67. The van der Waals surface area contributed by atoms with Gasteiger partial charge in [-0.15, -0.1) is 0 Å². The molecule has 0 aliphatic heterocycles. The fourth-order valence-corrected chi connectivity index (χ4v) is 1.61. The molecule has 0 radical (unpaired) electrons. The minimum Gasteiger partial charge on any atom is -0.206 e. The fourth-order valence-electron chi connectivity index (χ4n) is 0.502. The minimum atomic E-state index is -0.253. The van der Waals surface area contributed by atoms with Crippen molar-refractivity contribution in [1.29, 1.82) is 0 Å². The summed E-state index contributed by atoms with van der Waals surface area (Å²) in [5.74, 6) is -0.253. The summed E-state index contributed by atoms with van der Waals surface area (Å²) in [6.45, 7) is 0. The van der Waals surface area contributed by atoms with Gasteiger partial charge in [0.2, 0.25) is 0 Å². The SMILES string of the molecule is Fc1ccc(Cl)c(Br)c1I. The third kappa shape index (κ3) is 1.62. The topological polar surface area (TPSA) is 0 Å². The maximum atomic E-state index is 12.7. The molecule has 0 aromatic heterocycles. The van der Waals surface area contributed by atoms with Gasteiger partial charge in [0.05, 0.1) is 13.1 Å². The van der Waals surface area contributed by atoms with E-state index in [2.05, 4.69) is 15.9 Å². The Hall–Kier alpha value is 0.650. The average molecular weight is 335 g/mol. The Kier molecular flexibility index (Phi) is 2.94. The van der Waals surface area contributed by atoms with E-state index in [-0.39, 0.29) is 5.82 Å². The van der Waals surface area contributed by atoms with E-state index in [1.807, 2.05) is 22.6 Å². The van der Waals surface area contributed by atoms with Crippen LogP contribution in [-0.4, -0.2) is 0 Å². The fraction of sp³-hybridized carbons (Fsp3) is 0. The summed E-state index contributed by atoms with van der Waals surface area (Å²) in [4.78, 5) is 0. The van der Waals surface area contributed by atoms with Gasteiger partial charge in [0.1, 0.15) is 5.82 Å². The van der Waals surface area contributed by atoms with E-state index >= 15 is 0 Å². The van der Waals surface area contributed by atoms with Crippen LogP contribution < -0.4 is 0 Å². The summed E-state index contributed by atoms with van der Waals surface area (Å²) in [5, 5.41) is 0.533. The highest BCUT2D eigenvalue weighted by Gasteiger charge is 2.05. The van der Waals surface area contributed by atoms with E-state index < -0.39 is 0 Å². The van der Waals surface area contributed by atoms with E-state index in [9.17, 15) is 4.39 Å². The Morgan fingerprint density at radius 2 is 2.10 bits per heavy atom. The molecule has 0 atom stereocenters. The van der Waals surface area contributed by atoms with Gasteiger partial charge < -0.3 is 0 Å². The molecule has 0 amide bonds. The second kappa shape index (κ2) is 3.36. The summed E-state index contributed by atoms with van der Waals surface area (Å²) in [7, 11) is 0. The van der Waals surface area contributed by atoms with Crippen LogP contribution in [0.25, 0.3) is 0 Å². The van der Waals surface area contributed by atoms with Crippen molar-refractivity contribution in [3.63, 3.8) is 0 Å². The van der Waals surface area contributed by atoms with Gasteiger partial charge in [0.15, 0.2) is 0 Å². The molecule has 0 heterocycles. The van der Waals surface area contributed by atoms with Crippen molar-refractivity contribution >= 4 is 50.1 Å². The lowest BCUT2D eigenvalue weighted by atomic mass is 10.3. The maximum absolute atomic E-state index is 12.7. The zero-order chi connectivity index (χ0) is 7.72. The van der Waals surface area contributed by atoms with Gasteiger partial charge in [-0.2, -0.15) is 0 Å². The highest BCUT2D eigenvalue weighted by atomic mass is 127. The van der Waals surface area contributed by atoms with Crippen LogP contribution in [0, 0.1) is 9.39 Å². The second-order valence-corrected chi connectivity index (χ2v) is 3.94. The first-order valence-electron chi connectivity index (χ1n) is 2.42. The standard InChI is InChI=1S/C6H2BrClFI/c7-5-3(8)1-2-4(9)6(5)10/h1-2H. The second-order valence-electron chi connectivity index (χ2n) is 1.66. The molecule has 0 saturated carbocycles. The van der Waals surface area contributed by atoms with Crippen LogP contribution in [0.5, 0.6) is 0 Å². The highest BCUT2D eigenvalue weighted by Crippen LogP contribution is 2.29. The molecule has 0 bridgehead atoms. The molecule has 1 aromatic carbocycles. The van der Waals surface area contributed by atoms with Gasteiger partial charge in [0.25, 0.3) is 0 Å². The average Bonchev–Trinajstić information content (AvgIpc) is 1.93. The minimum absolute atomic E-state index is 0.253. The molecule has 0 fully saturated rings. The van der Waals surface area contributed by atoms with Gasteiger partial charge in [-0.05, 0) is 50.7 Å². The van der Waals surface area contributed by atoms with E-state index in [1.54, 1.807) is 0 Å². The molecular formula is C6H2BrClFI. The van der Waals surface area contributed by atoms with Crippen LogP contribution in [0.4, 0.5) is 4.39 Å². The molecule has 0 aliphatic rings. The smallest absolute Gasteiger partial charge is 0.137 e. The molecule has 10 heavy (non-hydrogen) atoms. The van der Waals surface area contributed by atoms with Gasteiger partial charge in [-0.3, -0.25) is 0 Å². The van der Waals surface area contributed by atoms with Crippen molar-refractivity contribution in [2.45, 2.75) is 0 Å². The third-order valence-electron chi connectivity index (χ3n) is 0.988. The summed E-state index contributed by atoms with van der Waals surface area (Å²) in [6.07, 6.45) is 0. The number of hydrogen-bond acceptors (Lipinski definition) is 0. The van der Waals surface area contributed by atoms with Crippen molar-refractivity contribution < 1.29 is 4.39 Å². The molecule has 0 N–H and O–H groups in total. The molecule has 1 rings (SSSR count). The number of rotatable bonds is 0. The van der Waals surface area contributed by atoms with Crippen LogP contribution in [0.15, 0.2) is 16.6 Å². The third-order valence-corrected chi connectivity index (χ3v) is 4.15. The van der Waals surface area contributed by atoms with Gasteiger partial charge >= 0.3 is 0 Å². The van der Waals surface area contributed by atoms with Crippen molar-refractivity contribution in [3.05, 3.63) is 31.0 Å². The Morgan fingerprint density at radius 3 is 2.60 bits per heavy atom.